The molecule has 6 heteroatoms. The Morgan fingerprint density at radius 2 is 2.16 bits per heavy atom. The molecule has 25 heavy (non-hydrogen) atoms. The zero-order chi connectivity index (χ0) is 17.1. The number of thiophene rings is 1. The van der Waals surface area contributed by atoms with E-state index in [1.807, 2.05) is 12.4 Å². The molecular formula is C19H23N5S. The maximum atomic E-state index is 4.56. The fourth-order valence-corrected chi connectivity index (χ4v) is 4.47. The number of pyridine rings is 1. The molecule has 0 amide bonds. The van der Waals surface area contributed by atoms with Crippen LogP contribution in [0.3, 0.4) is 0 Å². The highest BCUT2D eigenvalue weighted by atomic mass is 32.1. The van der Waals surface area contributed by atoms with Crippen LogP contribution in [-0.2, 0) is 6.42 Å². The van der Waals surface area contributed by atoms with Crippen molar-refractivity contribution in [2.75, 3.05) is 24.5 Å². The third-order valence-electron chi connectivity index (χ3n) is 4.82. The average Bonchev–Trinajstić information content (AvgIpc) is 3.27. The second-order valence-electron chi connectivity index (χ2n) is 6.64. The number of fused-ring (bicyclic) bond motifs is 1. The van der Waals surface area contributed by atoms with Crippen molar-refractivity contribution in [3.8, 4) is 0 Å². The molecule has 0 saturated carbocycles. The van der Waals surface area contributed by atoms with Crippen LogP contribution in [0.4, 0.5) is 5.82 Å². The third kappa shape index (κ3) is 3.65. The molecule has 1 aliphatic rings. The molecule has 0 radical (unpaired) electrons. The highest BCUT2D eigenvalue weighted by Gasteiger charge is 2.25. The van der Waals surface area contributed by atoms with Crippen LogP contribution in [0.25, 0.3) is 10.2 Å². The van der Waals surface area contributed by atoms with E-state index in [9.17, 15) is 0 Å². The monoisotopic (exact) mass is 353 g/mol. The van der Waals surface area contributed by atoms with E-state index >= 15 is 0 Å². The molecule has 1 saturated heterocycles. The van der Waals surface area contributed by atoms with Gasteiger partial charge in [-0.15, -0.1) is 11.3 Å². The van der Waals surface area contributed by atoms with Crippen LogP contribution < -0.4 is 10.2 Å². The SMILES string of the molecule is Cc1csc2c(N3CCC(NCCCc4ccncc4)C3)ncnc12. The third-order valence-corrected chi connectivity index (χ3v) is 5.91. The van der Waals surface area contributed by atoms with Gasteiger partial charge in [0.15, 0.2) is 0 Å². The van der Waals surface area contributed by atoms with E-state index in [-0.39, 0.29) is 0 Å². The van der Waals surface area contributed by atoms with Crippen molar-refractivity contribution in [1.29, 1.82) is 0 Å². The van der Waals surface area contributed by atoms with Gasteiger partial charge in [-0.3, -0.25) is 4.98 Å². The minimum atomic E-state index is 0.545. The molecule has 4 heterocycles. The fraction of sp³-hybridized carbons (Fsp3) is 0.421. The first-order valence-corrected chi connectivity index (χ1v) is 9.75. The molecule has 0 aliphatic carbocycles. The molecule has 4 rings (SSSR count). The topological polar surface area (TPSA) is 53.9 Å². The summed E-state index contributed by atoms with van der Waals surface area (Å²) in [5, 5.41) is 5.88. The number of nitrogens with one attached hydrogen (secondary N) is 1. The van der Waals surface area contributed by atoms with Crippen molar-refractivity contribution >= 4 is 27.4 Å². The molecule has 1 N–H and O–H groups in total. The lowest BCUT2D eigenvalue weighted by atomic mass is 10.1. The van der Waals surface area contributed by atoms with Gasteiger partial charge in [0.1, 0.15) is 12.1 Å². The van der Waals surface area contributed by atoms with Crippen LogP contribution in [0, 0.1) is 6.92 Å². The Labute approximate surface area is 152 Å². The highest BCUT2D eigenvalue weighted by Crippen LogP contribution is 2.32. The zero-order valence-electron chi connectivity index (χ0n) is 14.5. The number of nitrogens with zero attached hydrogens (tertiary/aromatic N) is 4. The van der Waals surface area contributed by atoms with Crippen LogP contribution in [0.1, 0.15) is 24.0 Å². The number of rotatable bonds is 6. The Balaban J connectivity index is 1.31. The minimum absolute atomic E-state index is 0.545. The smallest absolute Gasteiger partial charge is 0.150 e. The standard InChI is InChI=1S/C19H23N5S/c1-14-12-25-18-17(14)22-13-23-19(18)24-10-6-16(11-24)21-7-2-3-15-4-8-20-9-5-15/h4-5,8-9,12-13,16,21H,2-3,6-7,10-11H2,1H3. The maximum absolute atomic E-state index is 4.56. The largest absolute Gasteiger partial charge is 0.354 e. The van der Waals surface area contributed by atoms with Gasteiger partial charge in [-0.2, -0.15) is 0 Å². The number of hydrogen-bond acceptors (Lipinski definition) is 6. The summed E-state index contributed by atoms with van der Waals surface area (Å²) in [7, 11) is 0. The van der Waals surface area contributed by atoms with Gasteiger partial charge < -0.3 is 10.2 Å². The second-order valence-corrected chi connectivity index (χ2v) is 7.52. The first-order valence-electron chi connectivity index (χ1n) is 8.87. The molecule has 1 fully saturated rings. The summed E-state index contributed by atoms with van der Waals surface area (Å²) >= 11 is 1.76. The number of aromatic nitrogens is 3. The molecule has 130 valence electrons. The number of hydrogen-bond donors (Lipinski definition) is 1. The van der Waals surface area contributed by atoms with Gasteiger partial charge in [0, 0.05) is 31.5 Å². The highest BCUT2D eigenvalue weighted by molar-refractivity contribution is 7.18. The maximum Gasteiger partial charge on any atom is 0.150 e. The van der Waals surface area contributed by atoms with Crippen molar-refractivity contribution in [1.82, 2.24) is 20.3 Å². The molecule has 3 aromatic rings. The summed E-state index contributed by atoms with van der Waals surface area (Å²) in [6, 6.07) is 4.74. The van der Waals surface area contributed by atoms with E-state index in [1.165, 1.54) is 22.2 Å². The first-order chi connectivity index (χ1) is 12.3. The lowest BCUT2D eigenvalue weighted by Crippen LogP contribution is -2.33. The molecular weight excluding hydrogens is 330 g/mol. The van der Waals surface area contributed by atoms with Gasteiger partial charge in [0.25, 0.3) is 0 Å². The van der Waals surface area contributed by atoms with E-state index in [0.717, 1.165) is 43.8 Å². The molecule has 0 bridgehead atoms. The Hall–Kier alpha value is -2.05. The lowest BCUT2D eigenvalue weighted by molar-refractivity contribution is 0.539. The van der Waals surface area contributed by atoms with Gasteiger partial charge in [0.2, 0.25) is 0 Å². The average molecular weight is 353 g/mol. The van der Waals surface area contributed by atoms with Crippen LogP contribution in [0.2, 0.25) is 0 Å². The fourth-order valence-electron chi connectivity index (χ4n) is 3.45. The summed E-state index contributed by atoms with van der Waals surface area (Å²) in [4.78, 5) is 15.5. The lowest BCUT2D eigenvalue weighted by Gasteiger charge is -2.18. The zero-order valence-corrected chi connectivity index (χ0v) is 15.3. The Bertz CT molecular complexity index is 832. The van der Waals surface area contributed by atoms with Gasteiger partial charge in [-0.05, 0) is 61.4 Å². The molecule has 1 aliphatic heterocycles. The van der Waals surface area contributed by atoms with Crippen LogP contribution >= 0.6 is 11.3 Å². The van der Waals surface area contributed by atoms with Gasteiger partial charge in [0.05, 0.1) is 10.2 Å². The molecule has 1 atom stereocenters. The Kier molecular flexibility index (Phi) is 4.90. The summed E-state index contributed by atoms with van der Waals surface area (Å²) < 4.78 is 1.22. The van der Waals surface area contributed by atoms with E-state index in [1.54, 1.807) is 17.7 Å². The minimum Gasteiger partial charge on any atom is -0.354 e. The van der Waals surface area contributed by atoms with E-state index in [0.29, 0.717) is 6.04 Å². The van der Waals surface area contributed by atoms with Crippen LogP contribution in [0.5, 0.6) is 0 Å². The van der Waals surface area contributed by atoms with Gasteiger partial charge in [-0.25, -0.2) is 9.97 Å². The van der Waals surface area contributed by atoms with Crippen molar-refractivity contribution in [3.63, 3.8) is 0 Å². The summed E-state index contributed by atoms with van der Waals surface area (Å²) in [6.07, 6.45) is 8.87. The van der Waals surface area contributed by atoms with E-state index < -0.39 is 0 Å². The molecule has 3 aromatic heterocycles. The molecule has 1 unspecified atom stereocenters. The van der Waals surface area contributed by atoms with Crippen molar-refractivity contribution < 1.29 is 0 Å². The van der Waals surface area contributed by atoms with Crippen molar-refractivity contribution in [3.05, 3.63) is 47.4 Å². The van der Waals surface area contributed by atoms with Gasteiger partial charge >= 0.3 is 0 Å². The summed E-state index contributed by atoms with van der Waals surface area (Å²) in [6.45, 7) is 5.26. The molecule has 5 nitrogen and oxygen atoms in total. The Morgan fingerprint density at radius 3 is 3.04 bits per heavy atom. The second kappa shape index (κ2) is 7.45. The normalized spacial score (nSPS) is 17.5. The van der Waals surface area contributed by atoms with E-state index in [2.05, 4.69) is 49.6 Å². The van der Waals surface area contributed by atoms with Crippen LogP contribution in [0.15, 0.2) is 36.2 Å². The summed E-state index contributed by atoms with van der Waals surface area (Å²) in [5.41, 5.74) is 3.71. The quantitative estimate of drug-likeness (QED) is 0.690. The van der Waals surface area contributed by atoms with Gasteiger partial charge in [-0.1, -0.05) is 0 Å². The van der Waals surface area contributed by atoms with Crippen molar-refractivity contribution in [2.24, 2.45) is 0 Å². The van der Waals surface area contributed by atoms with Crippen molar-refractivity contribution in [2.45, 2.75) is 32.2 Å². The number of aryl methyl sites for hydroxylation is 2. The molecule has 0 aromatic carbocycles. The van der Waals surface area contributed by atoms with Crippen LogP contribution in [-0.4, -0.2) is 40.6 Å². The first kappa shape index (κ1) is 16.4. The predicted molar refractivity (Wildman–Crippen MR) is 103 cm³/mol. The van der Waals surface area contributed by atoms with E-state index in [4.69, 9.17) is 0 Å². The predicted octanol–water partition coefficient (Wildman–Crippen LogP) is 3.20. The summed E-state index contributed by atoms with van der Waals surface area (Å²) in [5.74, 6) is 1.10. The molecule has 0 spiro atoms. The number of anilines is 1. The Morgan fingerprint density at radius 1 is 1.28 bits per heavy atom.